The number of nitrogens with zero attached hydrogens (tertiary/aromatic N) is 1. The highest BCUT2D eigenvalue weighted by Gasteiger charge is 1.91. The van der Waals surface area contributed by atoms with Crippen LogP contribution in [0.4, 0.5) is 0 Å². The summed E-state index contributed by atoms with van der Waals surface area (Å²) in [6.07, 6.45) is 2.88. The van der Waals surface area contributed by atoms with E-state index in [4.69, 9.17) is 11.6 Å². The van der Waals surface area contributed by atoms with E-state index in [0.29, 0.717) is 5.88 Å². The van der Waals surface area contributed by atoms with Crippen LogP contribution in [0.5, 0.6) is 0 Å². The largest absolute Gasteiger partial charge is 0.619 e. The fourth-order valence-corrected chi connectivity index (χ4v) is 0.738. The first kappa shape index (κ1) is 9.53. The fraction of sp³-hybridized carbons (Fsp3) is 0.167. The molecule has 0 radical (unpaired) electrons. The van der Waals surface area contributed by atoms with E-state index in [2.05, 4.69) is 0 Å². The van der Waals surface area contributed by atoms with Gasteiger partial charge in [-0.3, -0.25) is 0 Å². The van der Waals surface area contributed by atoms with E-state index in [-0.39, 0.29) is 12.4 Å². The van der Waals surface area contributed by atoms with Gasteiger partial charge < -0.3 is 5.21 Å². The Morgan fingerprint density at radius 2 is 2.30 bits per heavy atom. The fourth-order valence-electron chi connectivity index (χ4n) is 0.580. The molecule has 1 aromatic rings. The van der Waals surface area contributed by atoms with Gasteiger partial charge in [0.25, 0.3) is 0 Å². The maximum absolute atomic E-state index is 10.5. The number of rotatable bonds is 1. The van der Waals surface area contributed by atoms with Gasteiger partial charge in [-0.2, -0.15) is 4.73 Å². The second-order valence-corrected chi connectivity index (χ2v) is 1.97. The van der Waals surface area contributed by atoms with Crippen molar-refractivity contribution in [3.63, 3.8) is 0 Å². The van der Waals surface area contributed by atoms with Crippen molar-refractivity contribution in [2.45, 2.75) is 5.88 Å². The van der Waals surface area contributed by atoms with Gasteiger partial charge >= 0.3 is 0 Å². The zero-order valence-electron chi connectivity index (χ0n) is 5.16. The van der Waals surface area contributed by atoms with Crippen LogP contribution in [0.2, 0.25) is 0 Å². The molecule has 0 amide bonds. The number of hydrogen-bond acceptors (Lipinski definition) is 1. The van der Waals surface area contributed by atoms with Crippen LogP contribution in [0.3, 0.4) is 0 Å². The smallest absolute Gasteiger partial charge is 0.184 e. The van der Waals surface area contributed by atoms with E-state index >= 15 is 0 Å². The van der Waals surface area contributed by atoms with Gasteiger partial charge in [0.2, 0.25) is 0 Å². The van der Waals surface area contributed by atoms with Crippen molar-refractivity contribution in [2.24, 2.45) is 0 Å². The first-order valence-electron chi connectivity index (χ1n) is 2.56. The van der Waals surface area contributed by atoms with Crippen molar-refractivity contribution in [1.29, 1.82) is 0 Å². The highest BCUT2D eigenvalue weighted by atomic mass is 35.5. The summed E-state index contributed by atoms with van der Waals surface area (Å²) in [6.45, 7) is 0. The van der Waals surface area contributed by atoms with Crippen molar-refractivity contribution in [1.82, 2.24) is 0 Å². The number of hydrogen-bond donors (Lipinski definition) is 0. The minimum Gasteiger partial charge on any atom is -0.619 e. The molecule has 0 fully saturated rings. The van der Waals surface area contributed by atoms with Gasteiger partial charge in [-0.05, 0) is 6.07 Å². The second-order valence-electron chi connectivity index (χ2n) is 1.71. The van der Waals surface area contributed by atoms with E-state index in [1.54, 1.807) is 12.1 Å². The molecule has 4 heteroatoms. The lowest BCUT2D eigenvalue weighted by atomic mass is 10.3. The molecule has 0 N–H and O–H groups in total. The van der Waals surface area contributed by atoms with Gasteiger partial charge in [-0.25, -0.2) is 0 Å². The van der Waals surface area contributed by atoms with Crippen molar-refractivity contribution in [3.8, 4) is 0 Å². The summed E-state index contributed by atoms with van der Waals surface area (Å²) in [6, 6.07) is 3.48. The summed E-state index contributed by atoms with van der Waals surface area (Å²) in [7, 11) is 0. The molecular formula is C6H7Cl2NO. The van der Waals surface area contributed by atoms with Crippen LogP contribution < -0.4 is 4.73 Å². The lowest BCUT2D eigenvalue weighted by Gasteiger charge is -1.94. The topological polar surface area (TPSA) is 26.9 Å². The number of pyridine rings is 1. The molecule has 0 atom stereocenters. The van der Waals surface area contributed by atoms with Gasteiger partial charge in [0.15, 0.2) is 12.4 Å². The summed E-state index contributed by atoms with van der Waals surface area (Å²) in [5.74, 6) is 0.392. The lowest BCUT2D eigenvalue weighted by Crippen LogP contribution is -2.24. The zero-order valence-corrected chi connectivity index (χ0v) is 6.73. The molecule has 1 heterocycles. The summed E-state index contributed by atoms with van der Waals surface area (Å²) < 4.78 is 0.734. The predicted molar refractivity (Wildman–Crippen MR) is 42.2 cm³/mol. The molecule has 1 rings (SSSR count). The molecule has 0 aliphatic carbocycles. The van der Waals surface area contributed by atoms with E-state index in [1.165, 1.54) is 12.4 Å². The molecule has 0 saturated carbocycles. The Labute approximate surface area is 70.4 Å². The Bertz CT molecular complexity index is 205. The van der Waals surface area contributed by atoms with Crippen LogP contribution in [0.1, 0.15) is 5.56 Å². The normalized spacial score (nSPS) is 8.50. The van der Waals surface area contributed by atoms with Gasteiger partial charge in [0, 0.05) is 11.6 Å². The minimum absolute atomic E-state index is 0. The van der Waals surface area contributed by atoms with Gasteiger partial charge in [-0.15, -0.1) is 24.0 Å². The lowest BCUT2D eigenvalue weighted by molar-refractivity contribution is -0.605. The monoisotopic (exact) mass is 179 g/mol. The maximum Gasteiger partial charge on any atom is 0.184 e. The molecule has 0 unspecified atom stereocenters. The molecule has 0 aromatic carbocycles. The molecule has 56 valence electrons. The van der Waals surface area contributed by atoms with Gasteiger partial charge in [0.1, 0.15) is 0 Å². The Morgan fingerprint density at radius 3 is 2.70 bits per heavy atom. The summed E-state index contributed by atoms with van der Waals surface area (Å²) >= 11 is 5.45. The molecular weight excluding hydrogens is 173 g/mol. The Balaban J connectivity index is 0.000000810. The molecule has 0 bridgehead atoms. The van der Waals surface area contributed by atoms with Crippen LogP contribution in [-0.2, 0) is 5.88 Å². The van der Waals surface area contributed by atoms with Crippen LogP contribution in [0, 0.1) is 5.21 Å². The third kappa shape index (κ3) is 2.42. The quantitative estimate of drug-likeness (QED) is 0.365. The van der Waals surface area contributed by atoms with E-state index in [9.17, 15) is 5.21 Å². The highest BCUT2D eigenvalue weighted by Crippen LogP contribution is 1.97. The minimum atomic E-state index is 0. The molecule has 0 saturated heterocycles. The predicted octanol–water partition coefficient (Wildman–Crippen LogP) is 1.48. The number of halogens is 2. The SMILES string of the molecule is Cl.[O-][n+]1cccc(CCl)c1. The standard InChI is InChI=1S/C6H6ClNO.ClH/c7-4-6-2-1-3-8(9)5-6;/h1-3,5H,4H2;1H. The Morgan fingerprint density at radius 1 is 1.60 bits per heavy atom. The van der Waals surface area contributed by atoms with Crippen molar-refractivity contribution >= 4 is 24.0 Å². The van der Waals surface area contributed by atoms with E-state index in [0.717, 1.165) is 10.3 Å². The summed E-state index contributed by atoms with van der Waals surface area (Å²) in [4.78, 5) is 0. The average Bonchev–Trinajstić information content (AvgIpc) is 1.88. The average molecular weight is 180 g/mol. The van der Waals surface area contributed by atoms with Gasteiger partial charge in [0.05, 0.1) is 5.88 Å². The molecule has 1 aromatic heterocycles. The summed E-state index contributed by atoms with van der Waals surface area (Å²) in [5.41, 5.74) is 0.842. The Kier molecular flexibility index (Phi) is 4.16. The zero-order chi connectivity index (χ0) is 6.69. The van der Waals surface area contributed by atoms with Crippen molar-refractivity contribution in [3.05, 3.63) is 35.3 Å². The van der Waals surface area contributed by atoms with Crippen LogP contribution in [0.25, 0.3) is 0 Å². The van der Waals surface area contributed by atoms with Gasteiger partial charge in [-0.1, -0.05) is 0 Å². The van der Waals surface area contributed by atoms with Crippen molar-refractivity contribution < 1.29 is 4.73 Å². The molecule has 0 aliphatic rings. The number of aromatic nitrogens is 1. The van der Waals surface area contributed by atoms with E-state index in [1.807, 2.05) is 0 Å². The maximum atomic E-state index is 10.5. The first-order chi connectivity index (χ1) is 4.33. The molecule has 2 nitrogen and oxygen atoms in total. The second kappa shape index (κ2) is 4.36. The van der Waals surface area contributed by atoms with Crippen LogP contribution >= 0.6 is 24.0 Å². The summed E-state index contributed by atoms with van der Waals surface area (Å²) in [5, 5.41) is 10.5. The third-order valence-corrected chi connectivity index (χ3v) is 1.30. The van der Waals surface area contributed by atoms with Crippen molar-refractivity contribution in [2.75, 3.05) is 0 Å². The van der Waals surface area contributed by atoms with Crippen LogP contribution in [0.15, 0.2) is 24.5 Å². The number of alkyl halides is 1. The molecule has 10 heavy (non-hydrogen) atoms. The molecule has 0 spiro atoms. The first-order valence-corrected chi connectivity index (χ1v) is 3.10. The third-order valence-electron chi connectivity index (χ3n) is 0.991. The Hall–Kier alpha value is -0.470. The highest BCUT2D eigenvalue weighted by molar-refractivity contribution is 6.17. The molecule has 0 aliphatic heterocycles. The van der Waals surface area contributed by atoms with E-state index < -0.39 is 0 Å². The van der Waals surface area contributed by atoms with Crippen LogP contribution in [-0.4, -0.2) is 0 Å².